The van der Waals surface area contributed by atoms with Gasteiger partial charge < -0.3 is 18.8 Å². The van der Waals surface area contributed by atoms with E-state index in [1.807, 2.05) is 31.2 Å². The van der Waals surface area contributed by atoms with Gasteiger partial charge in [0.25, 0.3) is 0 Å². The average Bonchev–Trinajstić information content (AvgIpc) is 3.32. The molecular weight excluding hydrogens is 366 g/mol. The Labute approximate surface area is 173 Å². The number of aromatic nitrogens is 1. The molecule has 1 atom stereocenters. The largest absolute Gasteiger partial charge is 0.494 e. The zero-order chi connectivity index (χ0) is 20.1. The zero-order valence-electron chi connectivity index (χ0n) is 17.7. The van der Waals surface area contributed by atoms with Crippen LogP contribution in [0.5, 0.6) is 5.75 Å². The number of morpholine rings is 1. The summed E-state index contributed by atoms with van der Waals surface area (Å²) >= 11 is 0. The number of aryl methyl sites for hydroxylation is 1. The summed E-state index contributed by atoms with van der Waals surface area (Å²) in [4.78, 5) is 9.54. The van der Waals surface area contributed by atoms with Crippen molar-refractivity contribution in [2.45, 2.75) is 45.7 Å². The third kappa shape index (κ3) is 5.38. The standard InChI is InChI=1S/C23H33N3O3/c1-18-5-3-10-26(18)11-4-14-28-21-8-6-20(7-9-21)23-24-19(2)22(29-23)17-25-12-15-27-16-13-25/h6-9,18H,3-5,10-17H2,1-2H3. The molecule has 2 fully saturated rings. The van der Waals surface area contributed by atoms with Crippen molar-refractivity contribution in [3.8, 4) is 17.2 Å². The fourth-order valence-electron chi connectivity index (χ4n) is 4.14. The normalized spacial score (nSPS) is 21.0. The lowest BCUT2D eigenvalue weighted by Gasteiger charge is -2.25. The number of hydrogen-bond donors (Lipinski definition) is 0. The van der Waals surface area contributed by atoms with Crippen LogP contribution in [0.15, 0.2) is 28.7 Å². The highest BCUT2D eigenvalue weighted by Gasteiger charge is 2.19. The summed E-state index contributed by atoms with van der Waals surface area (Å²) in [7, 11) is 0. The number of likely N-dealkylation sites (tertiary alicyclic amines) is 1. The van der Waals surface area contributed by atoms with E-state index >= 15 is 0 Å². The van der Waals surface area contributed by atoms with Crippen molar-refractivity contribution < 1.29 is 13.9 Å². The molecule has 2 saturated heterocycles. The Balaban J connectivity index is 1.28. The number of ether oxygens (including phenoxy) is 2. The van der Waals surface area contributed by atoms with E-state index in [-0.39, 0.29) is 0 Å². The third-order valence-electron chi connectivity index (χ3n) is 6.01. The Morgan fingerprint density at radius 2 is 1.93 bits per heavy atom. The summed E-state index contributed by atoms with van der Waals surface area (Å²) in [6.45, 7) is 11.7. The van der Waals surface area contributed by atoms with Gasteiger partial charge in [0.05, 0.1) is 32.1 Å². The van der Waals surface area contributed by atoms with Gasteiger partial charge in [-0.15, -0.1) is 0 Å². The van der Waals surface area contributed by atoms with Gasteiger partial charge in [-0.25, -0.2) is 4.98 Å². The summed E-state index contributed by atoms with van der Waals surface area (Å²) in [6.07, 6.45) is 3.73. The predicted molar refractivity (Wildman–Crippen MR) is 113 cm³/mol. The van der Waals surface area contributed by atoms with Gasteiger partial charge in [-0.3, -0.25) is 4.90 Å². The number of benzene rings is 1. The lowest BCUT2D eigenvalue weighted by Crippen LogP contribution is -2.35. The van der Waals surface area contributed by atoms with E-state index in [9.17, 15) is 0 Å². The Bertz CT molecular complexity index is 768. The second-order valence-electron chi connectivity index (χ2n) is 8.17. The van der Waals surface area contributed by atoms with E-state index in [1.54, 1.807) is 0 Å². The lowest BCUT2D eigenvalue weighted by molar-refractivity contribution is 0.0313. The smallest absolute Gasteiger partial charge is 0.226 e. The lowest BCUT2D eigenvalue weighted by atomic mass is 10.2. The van der Waals surface area contributed by atoms with E-state index in [0.29, 0.717) is 5.89 Å². The molecule has 6 nitrogen and oxygen atoms in total. The Morgan fingerprint density at radius 3 is 2.66 bits per heavy atom. The van der Waals surface area contributed by atoms with Crippen LogP contribution in [0.3, 0.4) is 0 Å². The van der Waals surface area contributed by atoms with Crippen LogP contribution in [0, 0.1) is 6.92 Å². The molecule has 0 aliphatic carbocycles. The number of rotatable bonds is 8. The van der Waals surface area contributed by atoms with Gasteiger partial charge in [0, 0.05) is 31.2 Å². The van der Waals surface area contributed by atoms with E-state index in [2.05, 4.69) is 21.7 Å². The van der Waals surface area contributed by atoms with Crippen molar-refractivity contribution in [3.63, 3.8) is 0 Å². The van der Waals surface area contributed by atoms with Crippen LogP contribution in [0.1, 0.15) is 37.6 Å². The molecule has 3 heterocycles. The second kappa shape index (κ2) is 9.74. The molecule has 4 rings (SSSR count). The highest BCUT2D eigenvalue weighted by molar-refractivity contribution is 5.55. The zero-order valence-corrected chi connectivity index (χ0v) is 17.7. The van der Waals surface area contributed by atoms with Crippen molar-refractivity contribution in [1.29, 1.82) is 0 Å². The van der Waals surface area contributed by atoms with Gasteiger partial charge in [-0.05, 0) is 63.9 Å². The molecule has 1 unspecified atom stereocenters. The molecule has 1 aromatic carbocycles. The topological polar surface area (TPSA) is 51.0 Å². The predicted octanol–water partition coefficient (Wildman–Crippen LogP) is 3.74. The van der Waals surface area contributed by atoms with Gasteiger partial charge in [-0.1, -0.05) is 0 Å². The summed E-state index contributed by atoms with van der Waals surface area (Å²) < 4.78 is 17.4. The molecule has 1 aromatic heterocycles. The fraction of sp³-hybridized carbons (Fsp3) is 0.609. The van der Waals surface area contributed by atoms with Gasteiger partial charge in [-0.2, -0.15) is 0 Å². The minimum atomic E-state index is 0.681. The fourth-order valence-corrected chi connectivity index (χ4v) is 4.14. The number of hydrogen-bond acceptors (Lipinski definition) is 6. The Kier molecular flexibility index (Phi) is 6.85. The molecule has 0 N–H and O–H groups in total. The molecule has 0 spiro atoms. The van der Waals surface area contributed by atoms with E-state index in [4.69, 9.17) is 13.9 Å². The first-order valence-electron chi connectivity index (χ1n) is 10.9. The van der Waals surface area contributed by atoms with Crippen molar-refractivity contribution in [2.24, 2.45) is 0 Å². The number of nitrogens with zero attached hydrogens (tertiary/aromatic N) is 3. The maximum Gasteiger partial charge on any atom is 0.226 e. The van der Waals surface area contributed by atoms with Crippen LogP contribution in [0.4, 0.5) is 0 Å². The van der Waals surface area contributed by atoms with Crippen LogP contribution >= 0.6 is 0 Å². The van der Waals surface area contributed by atoms with Gasteiger partial charge in [0.15, 0.2) is 0 Å². The Hall–Kier alpha value is -1.89. The van der Waals surface area contributed by atoms with Crippen LogP contribution in [0.2, 0.25) is 0 Å². The molecule has 6 heteroatoms. The van der Waals surface area contributed by atoms with Crippen molar-refractivity contribution in [2.75, 3.05) is 46.0 Å². The molecule has 158 valence electrons. The molecule has 2 aliphatic heterocycles. The molecule has 0 saturated carbocycles. The van der Waals surface area contributed by atoms with Crippen molar-refractivity contribution in [3.05, 3.63) is 35.7 Å². The third-order valence-corrected chi connectivity index (χ3v) is 6.01. The first-order valence-corrected chi connectivity index (χ1v) is 10.9. The quantitative estimate of drug-likeness (QED) is 0.631. The summed E-state index contributed by atoms with van der Waals surface area (Å²) in [5, 5.41) is 0. The first kappa shape index (κ1) is 20.4. The van der Waals surface area contributed by atoms with Crippen molar-refractivity contribution in [1.82, 2.24) is 14.8 Å². The van der Waals surface area contributed by atoms with E-state index in [1.165, 1.54) is 19.4 Å². The highest BCUT2D eigenvalue weighted by atomic mass is 16.5. The highest BCUT2D eigenvalue weighted by Crippen LogP contribution is 2.25. The monoisotopic (exact) mass is 399 g/mol. The van der Waals surface area contributed by atoms with Gasteiger partial charge in [0.1, 0.15) is 11.5 Å². The second-order valence-corrected chi connectivity index (χ2v) is 8.17. The Morgan fingerprint density at radius 1 is 1.14 bits per heavy atom. The maximum absolute atomic E-state index is 6.07. The molecule has 0 amide bonds. The van der Waals surface area contributed by atoms with Crippen LogP contribution in [-0.2, 0) is 11.3 Å². The van der Waals surface area contributed by atoms with Crippen LogP contribution in [-0.4, -0.2) is 66.8 Å². The minimum absolute atomic E-state index is 0.681. The van der Waals surface area contributed by atoms with Gasteiger partial charge >= 0.3 is 0 Å². The molecular formula is C23H33N3O3. The SMILES string of the molecule is Cc1nc(-c2ccc(OCCCN3CCCC3C)cc2)oc1CN1CCOCC1. The molecule has 2 aromatic rings. The average molecular weight is 400 g/mol. The summed E-state index contributed by atoms with van der Waals surface area (Å²) in [6, 6.07) is 8.81. The van der Waals surface area contributed by atoms with E-state index < -0.39 is 0 Å². The van der Waals surface area contributed by atoms with E-state index in [0.717, 1.165) is 81.2 Å². The summed E-state index contributed by atoms with van der Waals surface area (Å²) in [5.41, 5.74) is 1.95. The van der Waals surface area contributed by atoms with Crippen molar-refractivity contribution >= 4 is 0 Å². The molecule has 0 bridgehead atoms. The van der Waals surface area contributed by atoms with Crippen LogP contribution < -0.4 is 4.74 Å². The summed E-state index contributed by atoms with van der Waals surface area (Å²) in [5.74, 6) is 2.53. The molecule has 0 radical (unpaired) electrons. The van der Waals surface area contributed by atoms with Crippen LogP contribution in [0.25, 0.3) is 11.5 Å². The van der Waals surface area contributed by atoms with Gasteiger partial charge in [0.2, 0.25) is 5.89 Å². The molecule has 29 heavy (non-hydrogen) atoms. The first-order chi connectivity index (χ1) is 14.2. The number of oxazole rings is 1. The maximum atomic E-state index is 6.07. The minimum Gasteiger partial charge on any atom is -0.494 e. The molecule has 2 aliphatic rings.